The largest absolute Gasteiger partial charge is 0.370 e. The van der Waals surface area contributed by atoms with E-state index in [9.17, 15) is 4.79 Å². The topological polar surface area (TPSA) is 93.5 Å². The molecule has 1 amide bonds. The van der Waals surface area contributed by atoms with Crippen molar-refractivity contribution < 1.29 is 4.79 Å². The van der Waals surface area contributed by atoms with E-state index in [1.54, 1.807) is 0 Å². The van der Waals surface area contributed by atoms with Crippen LogP contribution < -0.4 is 16.8 Å². The third kappa shape index (κ3) is 1.10. The Morgan fingerprint density at radius 1 is 1.89 bits per heavy atom. The summed E-state index contributed by atoms with van der Waals surface area (Å²) in [5, 5.41) is 2.61. The number of hydrogen-bond acceptors (Lipinski definition) is 4. The molecule has 1 aliphatic heterocycles. The zero-order chi connectivity index (χ0) is 6.85. The maximum Gasteiger partial charge on any atom is 0.241 e. The average molecular weight is 128 g/mol. The third-order valence-corrected chi connectivity index (χ3v) is 1.11. The van der Waals surface area contributed by atoms with Gasteiger partial charge in [-0.1, -0.05) is 0 Å². The standard InChI is InChI=1S/C4H8N4O/c5-3(9)2-1-7-4(6)8-2/h2H,1H2,(H2,5,9)(H3,6,7,8). The molecule has 0 aromatic rings. The van der Waals surface area contributed by atoms with E-state index < -0.39 is 11.9 Å². The molecule has 0 aromatic carbocycles. The quantitative estimate of drug-likeness (QED) is 0.372. The Morgan fingerprint density at radius 3 is 2.78 bits per heavy atom. The van der Waals surface area contributed by atoms with Crippen LogP contribution in [0, 0.1) is 0 Å². The van der Waals surface area contributed by atoms with Gasteiger partial charge in [-0.3, -0.25) is 9.79 Å². The van der Waals surface area contributed by atoms with Crippen molar-refractivity contribution in [2.75, 3.05) is 6.54 Å². The molecular formula is C4H8N4O. The monoisotopic (exact) mass is 128 g/mol. The molecule has 0 aromatic heterocycles. The van der Waals surface area contributed by atoms with Crippen molar-refractivity contribution in [3.63, 3.8) is 0 Å². The molecule has 0 saturated heterocycles. The fraction of sp³-hybridized carbons (Fsp3) is 0.500. The van der Waals surface area contributed by atoms with Crippen molar-refractivity contribution in [2.24, 2.45) is 16.5 Å². The molecule has 0 saturated carbocycles. The van der Waals surface area contributed by atoms with Gasteiger partial charge in [-0.05, 0) is 0 Å². The molecule has 0 aliphatic carbocycles. The normalized spacial score (nSPS) is 24.9. The smallest absolute Gasteiger partial charge is 0.241 e. The predicted molar refractivity (Wildman–Crippen MR) is 32.6 cm³/mol. The van der Waals surface area contributed by atoms with Crippen molar-refractivity contribution in [2.45, 2.75) is 6.04 Å². The Balaban J connectivity index is 2.47. The van der Waals surface area contributed by atoms with Crippen LogP contribution in [0.15, 0.2) is 4.99 Å². The van der Waals surface area contributed by atoms with Gasteiger partial charge in [0.25, 0.3) is 0 Å². The third-order valence-electron chi connectivity index (χ3n) is 1.11. The summed E-state index contributed by atoms with van der Waals surface area (Å²) in [6.07, 6.45) is 0. The lowest BCUT2D eigenvalue weighted by Gasteiger charge is -2.02. The lowest BCUT2D eigenvalue weighted by atomic mass is 10.3. The molecule has 5 nitrogen and oxygen atoms in total. The molecule has 1 atom stereocenters. The van der Waals surface area contributed by atoms with Gasteiger partial charge in [0.15, 0.2) is 5.96 Å². The van der Waals surface area contributed by atoms with Crippen molar-refractivity contribution in [1.82, 2.24) is 5.32 Å². The number of aliphatic imine (C=N–C) groups is 1. The zero-order valence-electron chi connectivity index (χ0n) is 4.79. The Labute approximate surface area is 52.1 Å². The van der Waals surface area contributed by atoms with Crippen LogP contribution in [0.2, 0.25) is 0 Å². The van der Waals surface area contributed by atoms with Crippen LogP contribution in [0.1, 0.15) is 0 Å². The van der Waals surface area contributed by atoms with Gasteiger partial charge in [0.05, 0.1) is 6.54 Å². The highest BCUT2D eigenvalue weighted by molar-refractivity contribution is 5.90. The fourth-order valence-electron chi connectivity index (χ4n) is 0.621. The van der Waals surface area contributed by atoms with Gasteiger partial charge < -0.3 is 16.8 Å². The van der Waals surface area contributed by atoms with Crippen molar-refractivity contribution in [3.05, 3.63) is 0 Å². The highest BCUT2D eigenvalue weighted by atomic mass is 16.1. The van der Waals surface area contributed by atoms with Gasteiger partial charge >= 0.3 is 0 Å². The molecule has 0 bridgehead atoms. The van der Waals surface area contributed by atoms with E-state index >= 15 is 0 Å². The summed E-state index contributed by atoms with van der Waals surface area (Å²) in [7, 11) is 0. The van der Waals surface area contributed by atoms with Crippen LogP contribution in [0.4, 0.5) is 0 Å². The lowest BCUT2D eigenvalue weighted by Crippen LogP contribution is -2.43. The maximum atomic E-state index is 10.4. The van der Waals surface area contributed by atoms with Crippen LogP contribution in [0.3, 0.4) is 0 Å². The highest BCUT2D eigenvalue weighted by Gasteiger charge is 2.19. The zero-order valence-corrected chi connectivity index (χ0v) is 4.79. The van der Waals surface area contributed by atoms with Crippen molar-refractivity contribution in [1.29, 1.82) is 0 Å². The molecule has 5 heteroatoms. The first-order valence-corrected chi connectivity index (χ1v) is 2.56. The van der Waals surface area contributed by atoms with Gasteiger partial charge in [-0.25, -0.2) is 0 Å². The fourth-order valence-corrected chi connectivity index (χ4v) is 0.621. The second kappa shape index (κ2) is 1.93. The number of primary amides is 1. The first kappa shape index (κ1) is 5.87. The molecule has 50 valence electrons. The van der Waals surface area contributed by atoms with Gasteiger partial charge in [0.1, 0.15) is 6.04 Å². The van der Waals surface area contributed by atoms with E-state index in [0.717, 1.165) is 0 Å². The van der Waals surface area contributed by atoms with Crippen LogP contribution in [-0.2, 0) is 4.79 Å². The molecule has 0 spiro atoms. The number of nitrogens with one attached hydrogen (secondary N) is 1. The Hall–Kier alpha value is -1.26. The SMILES string of the molecule is NC(=O)C1CN=C(N)N1. The second-order valence-electron chi connectivity index (χ2n) is 1.83. The Morgan fingerprint density at radius 2 is 2.56 bits per heavy atom. The number of carbonyl (C=O) groups excluding carboxylic acids is 1. The second-order valence-corrected chi connectivity index (χ2v) is 1.83. The minimum atomic E-state index is -0.417. The summed E-state index contributed by atoms with van der Waals surface area (Å²) in [5.74, 6) is -0.127. The molecule has 0 fully saturated rings. The molecule has 0 radical (unpaired) electrons. The molecule has 9 heavy (non-hydrogen) atoms. The average Bonchev–Trinajstić information content (AvgIpc) is 2.14. The summed E-state index contributed by atoms with van der Waals surface area (Å²) in [4.78, 5) is 14.1. The summed E-state index contributed by atoms with van der Waals surface area (Å²) < 4.78 is 0. The lowest BCUT2D eigenvalue weighted by molar-refractivity contribution is -0.119. The number of hydrogen-bond donors (Lipinski definition) is 3. The summed E-state index contributed by atoms with van der Waals surface area (Å²) >= 11 is 0. The first-order valence-electron chi connectivity index (χ1n) is 2.56. The minimum absolute atomic E-state index is 0.291. The summed E-state index contributed by atoms with van der Waals surface area (Å²) in [5.41, 5.74) is 10.1. The number of guanidine groups is 1. The summed E-state index contributed by atoms with van der Waals surface area (Å²) in [6, 6.07) is -0.398. The van der Waals surface area contributed by atoms with E-state index in [4.69, 9.17) is 11.5 Å². The predicted octanol–water partition coefficient (Wildman–Crippen LogP) is -2.24. The van der Waals surface area contributed by atoms with E-state index in [2.05, 4.69) is 10.3 Å². The van der Waals surface area contributed by atoms with Gasteiger partial charge in [0, 0.05) is 0 Å². The number of nitrogens with two attached hydrogens (primary N) is 2. The van der Waals surface area contributed by atoms with Crippen LogP contribution in [0.25, 0.3) is 0 Å². The molecule has 1 unspecified atom stereocenters. The van der Waals surface area contributed by atoms with Crippen molar-refractivity contribution in [3.8, 4) is 0 Å². The van der Waals surface area contributed by atoms with Gasteiger partial charge in [0.2, 0.25) is 5.91 Å². The molecule has 1 rings (SSSR count). The maximum absolute atomic E-state index is 10.4. The first-order chi connectivity index (χ1) is 4.20. The number of rotatable bonds is 1. The van der Waals surface area contributed by atoms with Crippen molar-refractivity contribution >= 4 is 11.9 Å². The minimum Gasteiger partial charge on any atom is -0.370 e. The van der Waals surface area contributed by atoms with Crippen LogP contribution in [-0.4, -0.2) is 24.5 Å². The Bertz CT molecular complexity index is 164. The van der Waals surface area contributed by atoms with Gasteiger partial charge in [-0.15, -0.1) is 0 Å². The van der Waals surface area contributed by atoms with Gasteiger partial charge in [-0.2, -0.15) is 0 Å². The van der Waals surface area contributed by atoms with E-state index in [1.807, 2.05) is 0 Å². The number of amides is 1. The van der Waals surface area contributed by atoms with Crippen LogP contribution >= 0.6 is 0 Å². The number of nitrogens with zero attached hydrogens (tertiary/aromatic N) is 1. The molecule has 1 aliphatic rings. The molecular weight excluding hydrogens is 120 g/mol. The van der Waals surface area contributed by atoms with E-state index in [1.165, 1.54) is 0 Å². The molecule has 1 heterocycles. The van der Waals surface area contributed by atoms with E-state index in [0.29, 0.717) is 12.5 Å². The highest BCUT2D eigenvalue weighted by Crippen LogP contribution is 1.90. The molecule has 5 N–H and O–H groups in total. The number of carbonyl (C=O) groups is 1. The summed E-state index contributed by atoms with van der Waals surface area (Å²) in [6.45, 7) is 0.362. The van der Waals surface area contributed by atoms with Crippen LogP contribution in [0.5, 0.6) is 0 Å². The Kier molecular flexibility index (Phi) is 1.26. The van der Waals surface area contributed by atoms with E-state index in [-0.39, 0.29) is 0 Å².